The number of methoxy groups -OCH3 is 1. The molecular formula is C21H19FN2O2. The Morgan fingerprint density at radius 2 is 1.69 bits per heavy atom. The summed E-state index contributed by atoms with van der Waals surface area (Å²) in [5, 5.41) is 6.00. The molecule has 26 heavy (non-hydrogen) atoms. The molecule has 3 rings (SSSR count). The maximum atomic E-state index is 13.6. The molecule has 0 aliphatic heterocycles. The highest BCUT2D eigenvalue weighted by molar-refractivity contribution is 6.04. The number of hydrogen-bond donors (Lipinski definition) is 2. The van der Waals surface area contributed by atoms with Crippen LogP contribution >= 0.6 is 0 Å². The van der Waals surface area contributed by atoms with Crippen LogP contribution in [-0.4, -0.2) is 13.0 Å². The molecule has 0 radical (unpaired) electrons. The van der Waals surface area contributed by atoms with Gasteiger partial charge in [0, 0.05) is 29.0 Å². The van der Waals surface area contributed by atoms with Crippen molar-refractivity contribution in [1.29, 1.82) is 0 Å². The number of anilines is 2. The molecule has 0 bridgehead atoms. The summed E-state index contributed by atoms with van der Waals surface area (Å²) < 4.78 is 18.7. The fraction of sp³-hybridized carbons (Fsp3) is 0.0952. The van der Waals surface area contributed by atoms with Crippen LogP contribution in [0, 0.1) is 5.82 Å². The number of benzene rings is 3. The van der Waals surface area contributed by atoms with Gasteiger partial charge in [0.05, 0.1) is 7.11 Å². The van der Waals surface area contributed by atoms with E-state index in [1.54, 1.807) is 61.7 Å². The summed E-state index contributed by atoms with van der Waals surface area (Å²) in [5.74, 6) is 0.184. The summed E-state index contributed by atoms with van der Waals surface area (Å²) in [6.07, 6.45) is 0. The first-order valence-corrected chi connectivity index (χ1v) is 8.18. The van der Waals surface area contributed by atoms with Crippen molar-refractivity contribution in [2.24, 2.45) is 0 Å². The van der Waals surface area contributed by atoms with Crippen molar-refractivity contribution in [1.82, 2.24) is 0 Å². The lowest BCUT2D eigenvalue weighted by atomic mass is 10.2. The first-order chi connectivity index (χ1) is 12.7. The van der Waals surface area contributed by atoms with Gasteiger partial charge in [-0.15, -0.1) is 0 Å². The maximum absolute atomic E-state index is 13.6. The molecule has 0 fully saturated rings. The fourth-order valence-electron chi connectivity index (χ4n) is 2.48. The molecule has 0 saturated heterocycles. The van der Waals surface area contributed by atoms with Crippen LogP contribution < -0.4 is 15.4 Å². The Balaban J connectivity index is 1.60. The van der Waals surface area contributed by atoms with Gasteiger partial charge < -0.3 is 15.4 Å². The zero-order valence-corrected chi connectivity index (χ0v) is 14.3. The molecular weight excluding hydrogens is 331 g/mol. The monoisotopic (exact) mass is 350 g/mol. The Hall–Kier alpha value is -3.34. The van der Waals surface area contributed by atoms with Gasteiger partial charge in [-0.2, -0.15) is 0 Å². The second kappa shape index (κ2) is 8.16. The van der Waals surface area contributed by atoms with Crippen molar-refractivity contribution >= 4 is 17.3 Å². The third kappa shape index (κ3) is 4.39. The summed E-state index contributed by atoms with van der Waals surface area (Å²) in [6, 6.07) is 20.9. The summed E-state index contributed by atoms with van der Waals surface area (Å²) in [4.78, 5) is 12.3. The van der Waals surface area contributed by atoms with Crippen LogP contribution in [0.3, 0.4) is 0 Å². The Labute approximate surface area is 151 Å². The second-order valence-electron chi connectivity index (χ2n) is 5.71. The lowest BCUT2D eigenvalue weighted by molar-refractivity contribution is 0.102. The minimum Gasteiger partial charge on any atom is -0.497 e. The lowest BCUT2D eigenvalue weighted by Gasteiger charge is -2.10. The number of nitrogens with one attached hydrogen (secondary N) is 2. The van der Waals surface area contributed by atoms with Gasteiger partial charge in [0.15, 0.2) is 0 Å². The maximum Gasteiger partial charge on any atom is 0.255 e. The third-order valence-electron chi connectivity index (χ3n) is 3.92. The standard InChI is InChI=1S/C21H19FN2O2/c1-26-19-7-4-6-15(13-19)21(25)24-18-11-9-17(10-12-18)23-14-16-5-2-3-8-20(16)22/h2-13,23H,14H2,1H3,(H,24,25). The smallest absolute Gasteiger partial charge is 0.255 e. The Morgan fingerprint density at radius 1 is 0.962 bits per heavy atom. The van der Waals surface area contributed by atoms with E-state index in [0.29, 0.717) is 29.1 Å². The molecule has 0 atom stereocenters. The normalized spacial score (nSPS) is 10.2. The number of rotatable bonds is 6. The van der Waals surface area contributed by atoms with Crippen molar-refractivity contribution in [2.75, 3.05) is 17.7 Å². The highest BCUT2D eigenvalue weighted by atomic mass is 19.1. The minimum atomic E-state index is -0.234. The molecule has 1 amide bonds. The van der Waals surface area contributed by atoms with E-state index in [1.165, 1.54) is 6.07 Å². The van der Waals surface area contributed by atoms with E-state index >= 15 is 0 Å². The number of carbonyl (C=O) groups is 1. The molecule has 2 N–H and O–H groups in total. The van der Waals surface area contributed by atoms with E-state index in [-0.39, 0.29) is 11.7 Å². The number of halogens is 1. The quantitative estimate of drug-likeness (QED) is 0.677. The van der Waals surface area contributed by atoms with Crippen molar-refractivity contribution in [2.45, 2.75) is 6.54 Å². The number of hydrogen-bond acceptors (Lipinski definition) is 3. The van der Waals surface area contributed by atoms with E-state index in [1.807, 2.05) is 12.1 Å². The van der Waals surface area contributed by atoms with Crippen LogP contribution in [0.15, 0.2) is 72.8 Å². The molecule has 0 aromatic heterocycles. The van der Waals surface area contributed by atoms with E-state index < -0.39 is 0 Å². The lowest BCUT2D eigenvalue weighted by Crippen LogP contribution is -2.11. The Morgan fingerprint density at radius 3 is 2.42 bits per heavy atom. The fourth-order valence-corrected chi connectivity index (χ4v) is 2.48. The zero-order valence-electron chi connectivity index (χ0n) is 14.3. The van der Waals surface area contributed by atoms with Crippen molar-refractivity contribution < 1.29 is 13.9 Å². The van der Waals surface area contributed by atoms with Crippen LogP contribution in [-0.2, 0) is 6.54 Å². The SMILES string of the molecule is COc1cccc(C(=O)Nc2ccc(NCc3ccccc3F)cc2)c1. The third-order valence-corrected chi connectivity index (χ3v) is 3.92. The molecule has 0 spiro atoms. The number of ether oxygens (including phenoxy) is 1. The van der Waals surface area contributed by atoms with E-state index in [4.69, 9.17) is 4.74 Å². The Bertz CT molecular complexity index is 895. The molecule has 0 saturated carbocycles. The molecule has 0 heterocycles. The van der Waals surface area contributed by atoms with Gasteiger partial charge in [0.25, 0.3) is 5.91 Å². The van der Waals surface area contributed by atoms with Gasteiger partial charge in [-0.3, -0.25) is 4.79 Å². The average Bonchev–Trinajstić information content (AvgIpc) is 2.68. The highest BCUT2D eigenvalue weighted by Crippen LogP contribution is 2.18. The zero-order chi connectivity index (χ0) is 18.4. The first-order valence-electron chi connectivity index (χ1n) is 8.18. The average molecular weight is 350 g/mol. The molecule has 3 aromatic carbocycles. The largest absolute Gasteiger partial charge is 0.497 e. The van der Waals surface area contributed by atoms with Crippen molar-refractivity contribution in [3.05, 3.63) is 89.7 Å². The molecule has 0 aliphatic carbocycles. The molecule has 4 nitrogen and oxygen atoms in total. The van der Waals surface area contributed by atoms with Crippen LogP contribution in [0.1, 0.15) is 15.9 Å². The number of carbonyl (C=O) groups excluding carboxylic acids is 1. The molecule has 0 aliphatic rings. The van der Waals surface area contributed by atoms with Crippen molar-refractivity contribution in [3.8, 4) is 5.75 Å². The van der Waals surface area contributed by atoms with E-state index in [9.17, 15) is 9.18 Å². The molecule has 5 heteroatoms. The van der Waals surface area contributed by atoms with Crippen LogP contribution in [0.4, 0.5) is 15.8 Å². The molecule has 132 valence electrons. The van der Waals surface area contributed by atoms with Gasteiger partial charge in [0.2, 0.25) is 0 Å². The Kier molecular flexibility index (Phi) is 5.49. The van der Waals surface area contributed by atoms with E-state index in [2.05, 4.69) is 10.6 Å². The second-order valence-corrected chi connectivity index (χ2v) is 5.71. The van der Waals surface area contributed by atoms with Crippen molar-refractivity contribution in [3.63, 3.8) is 0 Å². The summed E-state index contributed by atoms with van der Waals surface area (Å²) in [7, 11) is 1.56. The van der Waals surface area contributed by atoms with Crippen LogP contribution in [0.25, 0.3) is 0 Å². The number of amides is 1. The molecule has 3 aromatic rings. The summed E-state index contributed by atoms with van der Waals surface area (Å²) >= 11 is 0. The highest BCUT2D eigenvalue weighted by Gasteiger charge is 2.07. The van der Waals surface area contributed by atoms with Gasteiger partial charge in [-0.25, -0.2) is 4.39 Å². The molecule has 0 unspecified atom stereocenters. The predicted molar refractivity (Wildman–Crippen MR) is 101 cm³/mol. The summed E-state index contributed by atoms with van der Waals surface area (Å²) in [5.41, 5.74) is 2.64. The van der Waals surface area contributed by atoms with Gasteiger partial charge in [-0.05, 0) is 48.5 Å². The van der Waals surface area contributed by atoms with Gasteiger partial charge in [0.1, 0.15) is 11.6 Å². The van der Waals surface area contributed by atoms with Crippen LogP contribution in [0.2, 0.25) is 0 Å². The van der Waals surface area contributed by atoms with E-state index in [0.717, 1.165) is 5.69 Å². The van der Waals surface area contributed by atoms with Gasteiger partial charge >= 0.3 is 0 Å². The van der Waals surface area contributed by atoms with Gasteiger partial charge in [-0.1, -0.05) is 24.3 Å². The summed E-state index contributed by atoms with van der Waals surface area (Å²) in [6.45, 7) is 0.391. The topological polar surface area (TPSA) is 50.4 Å². The minimum absolute atomic E-state index is 0.212. The first kappa shape index (κ1) is 17.5. The van der Waals surface area contributed by atoms with Crippen LogP contribution in [0.5, 0.6) is 5.75 Å². The predicted octanol–water partition coefficient (Wildman–Crippen LogP) is 4.70.